The van der Waals surface area contributed by atoms with Gasteiger partial charge in [-0.15, -0.1) is 0 Å². The Morgan fingerprint density at radius 3 is 2.53 bits per heavy atom. The van der Waals surface area contributed by atoms with Gasteiger partial charge in [0.05, 0.1) is 11.3 Å². The molecule has 0 heterocycles. The standard InChI is InChI=1S/C12H16N6O/c13-11(14)18-12(15)17-9-4-2-1-3-8(9)10(19)16-7-5-6-7/h1-4,7H,5-6H2,(H,16,19)(H6,13,14,15,17,18). The first kappa shape index (κ1) is 12.9. The van der Waals surface area contributed by atoms with Crippen molar-refractivity contribution in [2.75, 3.05) is 0 Å². The summed E-state index contributed by atoms with van der Waals surface area (Å²) in [7, 11) is 0. The number of hydrogen-bond acceptors (Lipinski definition) is 2. The van der Waals surface area contributed by atoms with E-state index in [1.165, 1.54) is 0 Å². The van der Waals surface area contributed by atoms with Crippen molar-refractivity contribution in [1.29, 1.82) is 0 Å². The molecule has 2 rings (SSSR count). The van der Waals surface area contributed by atoms with E-state index in [0.29, 0.717) is 11.3 Å². The molecule has 7 nitrogen and oxygen atoms in total. The Balaban J connectivity index is 2.24. The maximum Gasteiger partial charge on any atom is 0.253 e. The normalized spacial score (nSPS) is 14.8. The predicted octanol–water partition coefficient (Wildman–Crippen LogP) is -0.202. The minimum Gasteiger partial charge on any atom is -0.370 e. The zero-order valence-corrected chi connectivity index (χ0v) is 10.3. The summed E-state index contributed by atoms with van der Waals surface area (Å²) in [4.78, 5) is 19.7. The molecule has 1 aliphatic rings. The Labute approximate surface area is 110 Å². The zero-order chi connectivity index (χ0) is 13.8. The molecule has 1 saturated carbocycles. The largest absolute Gasteiger partial charge is 0.370 e. The van der Waals surface area contributed by atoms with Crippen LogP contribution in [0.15, 0.2) is 34.3 Å². The Bertz CT molecular complexity index is 543. The van der Waals surface area contributed by atoms with E-state index < -0.39 is 0 Å². The third-order valence-electron chi connectivity index (χ3n) is 2.54. The van der Waals surface area contributed by atoms with E-state index in [1.54, 1.807) is 24.3 Å². The second-order valence-corrected chi connectivity index (χ2v) is 4.27. The first-order valence-electron chi connectivity index (χ1n) is 5.90. The lowest BCUT2D eigenvalue weighted by molar-refractivity contribution is 0.0952. The quantitative estimate of drug-likeness (QED) is 0.442. The fourth-order valence-corrected chi connectivity index (χ4v) is 1.53. The van der Waals surface area contributed by atoms with E-state index in [-0.39, 0.29) is 23.9 Å². The third kappa shape index (κ3) is 3.70. The maximum atomic E-state index is 12.0. The fourth-order valence-electron chi connectivity index (χ4n) is 1.53. The number of para-hydroxylation sites is 1. The molecule has 0 saturated heterocycles. The van der Waals surface area contributed by atoms with Crippen LogP contribution in [0.2, 0.25) is 0 Å². The van der Waals surface area contributed by atoms with Crippen molar-refractivity contribution >= 4 is 23.5 Å². The Kier molecular flexibility index (Phi) is 3.65. The van der Waals surface area contributed by atoms with Crippen LogP contribution in [0.1, 0.15) is 23.2 Å². The molecule has 1 aliphatic carbocycles. The first-order chi connectivity index (χ1) is 9.06. The van der Waals surface area contributed by atoms with Crippen LogP contribution in [0.25, 0.3) is 0 Å². The van der Waals surface area contributed by atoms with Crippen LogP contribution < -0.4 is 22.5 Å². The number of benzene rings is 1. The number of carbonyl (C=O) groups excluding carboxylic acids is 1. The molecule has 0 unspecified atom stereocenters. The molecule has 0 aliphatic heterocycles. The summed E-state index contributed by atoms with van der Waals surface area (Å²) in [5.41, 5.74) is 16.9. The second kappa shape index (κ2) is 5.38. The molecule has 0 radical (unpaired) electrons. The number of aliphatic imine (C=N–C) groups is 2. The van der Waals surface area contributed by atoms with Gasteiger partial charge < -0.3 is 22.5 Å². The van der Waals surface area contributed by atoms with E-state index >= 15 is 0 Å². The van der Waals surface area contributed by atoms with Gasteiger partial charge in [0, 0.05) is 6.04 Å². The van der Waals surface area contributed by atoms with Crippen molar-refractivity contribution in [3.8, 4) is 0 Å². The lowest BCUT2D eigenvalue weighted by Gasteiger charge is -2.06. The Hall–Kier alpha value is -2.57. The van der Waals surface area contributed by atoms with Crippen molar-refractivity contribution in [3.05, 3.63) is 29.8 Å². The first-order valence-corrected chi connectivity index (χ1v) is 5.90. The number of rotatable bonds is 3. The number of hydrogen-bond donors (Lipinski definition) is 4. The molecule has 0 spiro atoms. The van der Waals surface area contributed by atoms with E-state index in [1.807, 2.05) is 0 Å². The van der Waals surface area contributed by atoms with Crippen LogP contribution in [0.3, 0.4) is 0 Å². The number of guanidine groups is 2. The molecule has 0 atom stereocenters. The number of nitrogens with two attached hydrogens (primary N) is 3. The summed E-state index contributed by atoms with van der Waals surface area (Å²) in [6, 6.07) is 7.16. The van der Waals surface area contributed by atoms with E-state index in [9.17, 15) is 4.79 Å². The van der Waals surface area contributed by atoms with Crippen molar-refractivity contribution < 1.29 is 4.79 Å². The molecule has 0 bridgehead atoms. The molecule has 1 amide bonds. The summed E-state index contributed by atoms with van der Waals surface area (Å²) >= 11 is 0. The minimum absolute atomic E-state index is 0.0910. The van der Waals surface area contributed by atoms with Crippen LogP contribution in [0, 0.1) is 0 Å². The average Bonchev–Trinajstić information content (AvgIpc) is 3.12. The van der Waals surface area contributed by atoms with Gasteiger partial charge in [-0.3, -0.25) is 4.79 Å². The fraction of sp³-hybridized carbons (Fsp3) is 0.250. The summed E-state index contributed by atoms with van der Waals surface area (Å²) in [5.74, 6) is -0.438. The predicted molar refractivity (Wildman–Crippen MR) is 74.0 cm³/mol. The van der Waals surface area contributed by atoms with Crippen LogP contribution >= 0.6 is 0 Å². The van der Waals surface area contributed by atoms with Gasteiger partial charge in [0.1, 0.15) is 0 Å². The number of nitrogens with zero attached hydrogens (tertiary/aromatic N) is 2. The molecule has 1 aromatic carbocycles. The van der Waals surface area contributed by atoms with Crippen LogP contribution in [-0.2, 0) is 0 Å². The van der Waals surface area contributed by atoms with E-state index in [4.69, 9.17) is 17.2 Å². The van der Waals surface area contributed by atoms with Crippen LogP contribution in [-0.4, -0.2) is 23.9 Å². The van der Waals surface area contributed by atoms with Crippen molar-refractivity contribution in [1.82, 2.24) is 5.32 Å². The minimum atomic E-state index is -0.179. The smallest absolute Gasteiger partial charge is 0.253 e. The van der Waals surface area contributed by atoms with Crippen molar-refractivity contribution in [2.45, 2.75) is 18.9 Å². The lowest BCUT2D eigenvalue weighted by atomic mass is 10.1. The highest BCUT2D eigenvalue weighted by atomic mass is 16.1. The van der Waals surface area contributed by atoms with Gasteiger partial charge in [-0.2, -0.15) is 4.99 Å². The Morgan fingerprint density at radius 1 is 1.21 bits per heavy atom. The van der Waals surface area contributed by atoms with Gasteiger partial charge in [-0.1, -0.05) is 12.1 Å². The second-order valence-electron chi connectivity index (χ2n) is 4.27. The lowest BCUT2D eigenvalue weighted by Crippen LogP contribution is -2.27. The van der Waals surface area contributed by atoms with Crippen molar-refractivity contribution in [3.63, 3.8) is 0 Å². The van der Waals surface area contributed by atoms with Gasteiger partial charge in [0.15, 0.2) is 5.96 Å². The van der Waals surface area contributed by atoms with Crippen molar-refractivity contribution in [2.24, 2.45) is 27.2 Å². The van der Waals surface area contributed by atoms with Gasteiger partial charge in [0.25, 0.3) is 5.91 Å². The summed E-state index contributed by atoms with van der Waals surface area (Å²) in [6.07, 6.45) is 2.04. The van der Waals surface area contributed by atoms with Gasteiger partial charge in [-0.25, -0.2) is 4.99 Å². The van der Waals surface area contributed by atoms with Gasteiger partial charge in [-0.05, 0) is 25.0 Å². The van der Waals surface area contributed by atoms with Gasteiger partial charge in [0.2, 0.25) is 5.96 Å². The summed E-state index contributed by atoms with van der Waals surface area (Å²) < 4.78 is 0. The molecule has 100 valence electrons. The molecule has 7 heteroatoms. The molecule has 1 fully saturated rings. The number of amides is 1. The zero-order valence-electron chi connectivity index (χ0n) is 10.3. The molecule has 19 heavy (non-hydrogen) atoms. The Morgan fingerprint density at radius 2 is 1.89 bits per heavy atom. The molecular weight excluding hydrogens is 244 g/mol. The van der Waals surface area contributed by atoms with Crippen LogP contribution in [0.4, 0.5) is 5.69 Å². The molecular formula is C12H16N6O. The molecule has 0 aromatic heterocycles. The molecule has 7 N–H and O–H groups in total. The van der Waals surface area contributed by atoms with E-state index in [2.05, 4.69) is 15.3 Å². The highest BCUT2D eigenvalue weighted by Gasteiger charge is 2.24. The van der Waals surface area contributed by atoms with Crippen LogP contribution in [0.5, 0.6) is 0 Å². The average molecular weight is 260 g/mol. The highest BCUT2D eigenvalue weighted by Crippen LogP contribution is 2.22. The topological polar surface area (TPSA) is 132 Å². The summed E-state index contributed by atoms with van der Waals surface area (Å²) in [6.45, 7) is 0. The SMILES string of the molecule is NC(N)=NC(N)=Nc1ccccc1C(=O)NC1CC1. The van der Waals surface area contributed by atoms with E-state index in [0.717, 1.165) is 12.8 Å². The highest BCUT2D eigenvalue weighted by molar-refractivity contribution is 6.01. The summed E-state index contributed by atoms with van der Waals surface area (Å²) in [5, 5.41) is 2.89. The number of nitrogens with one attached hydrogen (secondary N) is 1. The monoisotopic (exact) mass is 260 g/mol. The number of carbonyl (C=O) groups is 1. The van der Waals surface area contributed by atoms with Gasteiger partial charge >= 0.3 is 0 Å². The maximum absolute atomic E-state index is 12.0. The molecule has 1 aromatic rings. The third-order valence-corrected chi connectivity index (χ3v) is 2.54.